The second-order valence-electron chi connectivity index (χ2n) is 7.41. The Morgan fingerprint density at radius 1 is 1.03 bits per heavy atom. The Hall–Kier alpha value is -2.84. The molecule has 0 amide bonds. The minimum absolute atomic E-state index is 0.311. The summed E-state index contributed by atoms with van der Waals surface area (Å²) in [6, 6.07) is 7.11. The van der Waals surface area contributed by atoms with Crippen molar-refractivity contribution in [1.29, 1.82) is 0 Å². The average Bonchev–Trinajstić information content (AvgIpc) is 3.04. The van der Waals surface area contributed by atoms with Gasteiger partial charge in [0.15, 0.2) is 5.70 Å². The third-order valence-electron chi connectivity index (χ3n) is 5.29. The van der Waals surface area contributed by atoms with Crippen molar-refractivity contribution in [3.05, 3.63) is 70.2 Å². The van der Waals surface area contributed by atoms with Gasteiger partial charge >= 0.3 is 13.3 Å². The van der Waals surface area contributed by atoms with Gasteiger partial charge in [0.05, 0.1) is 5.57 Å². The number of allylic oxidation sites excluding steroid dienone is 2. The summed E-state index contributed by atoms with van der Waals surface area (Å²) in [5.41, 5.74) is 3.50. The van der Waals surface area contributed by atoms with Crippen LogP contribution in [0.25, 0.3) is 5.57 Å². The number of hydrogen-bond acceptors (Lipinski definition) is 1. The quantitative estimate of drug-likeness (QED) is 0.479. The molecule has 0 saturated carbocycles. The lowest BCUT2D eigenvalue weighted by molar-refractivity contribution is -0.363. The monoisotopic (exact) mass is 408 g/mol. The van der Waals surface area contributed by atoms with Gasteiger partial charge in [0.1, 0.15) is 11.5 Å². The molecule has 0 radical (unpaired) electrons. The molecule has 0 unspecified atom stereocenters. The molecule has 0 saturated heterocycles. The van der Waals surface area contributed by atoms with Crippen molar-refractivity contribution in [2.75, 3.05) is 0 Å². The molecule has 2 aromatic rings. The number of alkyl halides is 3. The number of aromatic nitrogens is 1. The van der Waals surface area contributed by atoms with Crippen LogP contribution in [0.4, 0.5) is 21.8 Å². The lowest BCUT2D eigenvalue weighted by Gasteiger charge is -2.34. The number of hydrogen-bond donors (Lipinski definition) is 0. The second kappa shape index (κ2) is 6.08. The van der Waals surface area contributed by atoms with Gasteiger partial charge in [0.2, 0.25) is 0 Å². The van der Waals surface area contributed by atoms with Gasteiger partial charge in [0.25, 0.3) is 0 Å². The number of fused-ring (bicyclic) bond motifs is 2. The van der Waals surface area contributed by atoms with Crippen LogP contribution in [0.15, 0.2) is 47.7 Å². The maximum Gasteiger partial charge on any atom is 0.737 e. The van der Waals surface area contributed by atoms with Gasteiger partial charge in [-0.25, -0.2) is 0 Å². The third-order valence-corrected chi connectivity index (χ3v) is 5.29. The van der Waals surface area contributed by atoms with Crippen LogP contribution in [0, 0.1) is 13.8 Å². The summed E-state index contributed by atoms with van der Waals surface area (Å²) < 4.78 is 75.2. The fourth-order valence-electron chi connectivity index (χ4n) is 4.42. The minimum atomic E-state index is -4.84. The molecule has 3 heterocycles. The molecule has 0 fully saturated rings. The maximum atomic E-state index is 15.5. The van der Waals surface area contributed by atoms with Crippen LogP contribution in [0.1, 0.15) is 36.4 Å². The molecule has 0 atom stereocenters. The molecular formula is C20H18BF5N2O. The van der Waals surface area contributed by atoms with E-state index in [4.69, 9.17) is 0 Å². The second-order valence-corrected chi connectivity index (χ2v) is 7.41. The summed E-state index contributed by atoms with van der Waals surface area (Å²) in [7, 11) is 0. The van der Waals surface area contributed by atoms with E-state index in [0.29, 0.717) is 45.1 Å². The highest BCUT2D eigenvalue weighted by Crippen LogP contribution is 2.44. The Morgan fingerprint density at radius 3 is 2.38 bits per heavy atom. The van der Waals surface area contributed by atoms with Gasteiger partial charge in [-0.1, -0.05) is 12.1 Å². The third kappa shape index (κ3) is 2.91. The Morgan fingerprint density at radius 2 is 1.72 bits per heavy atom. The standard InChI is InChI=1S/C20H18BF5N2O/c1-11-8-13(3)27-18(11)17(15-6-5-7-16(10-15)29-20(22,23)24)19-12(2)9-14(4)28(19)21(27,25)26/h5-10H,1-4H3. The van der Waals surface area contributed by atoms with Crippen LogP contribution in [0.2, 0.25) is 0 Å². The van der Waals surface area contributed by atoms with E-state index in [9.17, 15) is 13.2 Å². The normalized spacial score (nSPS) is 18.0. The van der Waals surface area contributed by atoms with Gasteiger partial charge in [-0.15, -0.1) is 13.2 Å². The molecule has 0 aliphatic carbocycles. The van der Waals surface area contributed by atoms with E-state index >= 15 is 8.63 Å². The Kier molecular flexibility index (Phi) is 4.08. The molecule has 4 rings (SSSR count). The SMILES string of the molecule is CC1=CC(C)=[N+]2C1=C(c1cccc(OC(F)(F)F)c1)c1c(C)cc(C)n1[B-]2(F)F. The summed E-state index contributed by atoms with van der Waals surface area (Å²) in [5, 5.41) is 0. The van der Waals surface area contributed by atoms with E-state index < -0.39 is 19.1 Å². The predicted molar refractivity (Wildman–Crippen MR) is 101 cm³/mol. The number of rotatable bonds is 2. The van der Waals surface area contributed by atoms with Crippen molar-refractivity contribution in [3.8, 4) is 5.75 Å². The number of benzene rings is 1. The molecular weight excluding hydrogens is 390 g/mol. The van der Waals surface area contributed by atoms with Crippen molar-refractivity contribution in [1.82, 2.24) is 4.48 Å². The van der Waals surface area contributed by atoms with Crippen LogP contribution >= 0.6 is 0 Å². The van der Waals surface area contributed by atoms with E-state index in [2.05, 4.69) is 4.74 Å². The summed E-state index contributed by atoms with van der Waals surface area (Å²) in [6.07, 6.45) is -3.18. The fraction of sp³-hybridized carbons (Fsp3) is 0.250. The zero-order valence-electron chi connectivity index (χ0n) is 16.2. The highest BCUT2D eigenvalue weighted by Gasteiger charge is 2.55. The number of halogens is 5. The van der Waals surface area contributed by atoms with E-state index in [1.165, 1.54) is 18.2 Å². The molecule has 29 heavy (non-hydrogen) atoms. The Balaban J connectivity index is 2.05. The first-order chi connectivity index (χ1) is 13.4. The van der Waals surface area contributed by atoms with Crippen molar-refractivity contribution in [2.45, 2.75) is 34.1 Å². The number of aryl methyl sites for hydroxylation is 2. The van der Waals surface area contributed by atoms with Gasteiger partial charge in [-0.3, -0.25) is 0 Å². The van der Waals surface area contributed by atoms with Crippen molar-refractivity contribution in [2.24, 2.45) is 0 Å². The molecule has 9 heteroatoms. The van der Waals surface area contributed by atoms with Crippen LogP contribution in [-0.4, -0.2) is 28.0 Å². The fourth-order valence-corrected chi connectivity index (χ4v) is 4.42. The lowest BCUT2D eigenvalue weighted by atomic mass is 9.84. The zero-order valence-corrected chi connectivity index (χ0v) is 16.2. The number of nitrogens with zero attached hydrogens (tertiary/aromatic N) is 2. The van der Waals surface area contributed by atoms with Crippen LogP contribution < -0.4 is 4.74 Å². The topological polar surface area (TPSA) is 17.2 Å². The average molecular weight is 408 g/mol. The summed E-state index contributed by atoms with van der Waals surface area (Å²) in [4.78, 5) is 0. The smallest absolute Gasteiger partial charge is 0.406 e. The maximum absolute atomic E-state index is 15.5. The highest BCUT2D eigenvalue weighted by atomic mass is 19.4. The summed E-state index contributed by atoms with van der Waals surface area (Å²) >= 11 is 0. The first kappa shape index (κ1) is 19.5. The van der Waals surface area contributed by atoms with Gasteiger partial charge < -0.3 is 22.3 Å². The van der Waals surface area contributed by atoms with E-state index in [1.807, 2.05) is 0 Å². The van der Waals surface area contributed by atoms with Gasteiger partial charge in [-0.2, -0.15) is 0 Å². The first-order valence-electron chi connectivity index (χ1n) is 9.05. The Labute approximate surface area is 164 Å². The molecule has 0 bridgehead atoms. The molecule has 1 aromatic carbocycles. The lowest BCUT2D eigenvalue weighted by Crippen LogP contribution is -2.51. The van der Waals surface area contributed by atoms with E-state index in [0.717, 1.165) is 8.96 Å². The van der Waals surface area contributed by atoms with E-state index in [1.54, 1.807) is 45.9 Å². The van der Waals surface area contributed by atoms with Gasteiger partial charge in [0, 0.05) is 24.3 Å². The molecule has 2 aliphatic heterocycles. The van der Waals surface area contributed by atoms with E-state index in [-0.39, 0.29) is 0 Å². The number of ether oxygens (including phenoxy) is 1. The highest BCUT2D eigenvalue weighted by molar-refractivity contribution is 6.58. The van der Waals surface area contributed by atoms with Crippen molar-refractivity contribution < 1.29 is 31.0 Å². The van der Waals surface area contributed by atoms with Crippen LogP contribution in [-0.2, 0) is 0 Å². The molecule has 0 spiro atoms. The summed E-state index contributed by atoms with van der Waals surface area (Å²) in [5.74, 6) is -0.398. The summed E-state index contributed by atoms with van der Waals surface area (Å²) in [6.45, 7) is 2.51. The minimum Gasteiger partial charge on any atom is -0.406 e. The predicted octanol–water partition coefficient (Wildman–Crippen LogP) is 5.43. The Bertz CT molecular complexity index is 1140. The molecule has 1 aromatic heterocycles. The van der Waals surface area contributed by atoms with Crippen LogP contribution in [0.5, 0.6) is 5.75 Å². The molecule has 2 aliphatic rings. The molecule has 3 nitrogen and oxygen atoms in total. The molecule has 0 N–H and O–H groups in total. The van der Waals surface area contributed by atoms with Gasteiger partial charge in [-0.05, 0) is 55.8 Å². The van der Waals surface area contributed by atoms with Crippen molar-refractivity contribution in [3.63, 3.8) is 0 Å². The van der Waals surface area contributed by atoms with Crippen molar-refractivity contribution >= 4 is 18.3 Å². The first-order valence-corrected chi connectivity index (χ1v) is 9.05. The van der Waals surface area contributed by atoms with Crippen LogP contribution in [0.3, 0.4) is 0 Å². The largest absolute Gasteiger partial charge is 0.737 e. The molecule has 152 valence electrons. The zero-order chi connectivity index (χ0) is 21.3.